The van der Waals surface area contributed by atoms with Crippen LogP contribution in [0.5, 0.6) is 0 Å². The van der Waals surface area contributed by atoms with E-state index in [1.807, 2.05) is 36.0 Å². The van der Waals surface area contributed by atoms with Crippen LogP contribution in [0.2, 0.25) is 0 Å². The third-order valence-electron chi connectivity index (χ3n) is 3.98. The Morgan fingerprint density at radius 3 is 2.71 bits per heavy atom. The summed E-state index contributed by atoms with van der Waals surface area (Å²) < 4.78 is 2.03. The van der Waals surface area contributed by atoms with Crippen LogP contribution in [0.1, 0.15) is 30.6 Å². The molecule has 0 atom stereocenters. The van der Waals surface area contributed by atoms with Gasteiger partial charge in [-0.15, -0.1) is 0 Å². The zero-order valence-electron chi connectivity index (χ0n) is 13.2. The van der Waals surface area contributed by atoms with Gasteiger partial charge in [-0.2, -0.15) is 0 Å². The van der Waals surface area contributed by atoms with Gasteiger partial charge >= 0.3 is 0 Å². The molecule has 1 amide bonds. The largest absolute Gasteiger partial charge is 0.352 e. The van der Waals surface area contributed by atoms with E-state index in [4.69, 9.17) is 0 Å². The van der Waals surface area contributed by atoms with E-state index in [0.29, 0.717) is 0 Å². The summed E-state index contributed by atoms with van der Waals surface area (Å²) in [5, 5.41) is 4.17. The van der Waals surface area contributed by atoms with E-state index < -0.39 is 0 Å². The van der Waals surface area contributed by atoms with Crippen LogP contribution in [0.15, 0.2) is 30.5 Å². The number of aromatic nitrogens is 1. The van der Waals surface area contributed by atoms with Crippen LogP contribution in [0, 0.1) is 0 Å². The summed E-state index contributed by atoms with van der Waals surface area (Å²) in [6.07, 6.45) is 3.00. The van der Waals surface area contributed by atoms with Gasteiger partial charge in [-0.05, 0) is 49.6 Å². The van der Waals surface area contributed by atoms with Crippen molar-refractivity contribution in [3.63, 3.8) is 0 Å². The summed E-state index contributed by atoms with van der Waals surface area (Å²) in [5.74, 6) is 0.0117. The van der Waals surface area contributed by atoms with Crippen LogP contribution in [-0.4, -0.2) is 41.6 Å². The summed E-state index contributed by atoms with van der Waals surface area (Å²) in [5.41, 5.74) is 1.82. The maximum Gasteiger partial charge on any atom is 0.251 e. The van der Waals surface area contributed by atoms with Crippen molar-refractivity contribution in [2.24, 2.45) is 7.05 Å². The van der Waals surface area contributed by atoms with Gasteiger partial charge in [0.2, 0.25) is 0 Å². The Balaban J connectivity index is 1.88. The van der Waals surface area contributed by atoms with Gasteiger partial charge < -0.3 is 14.8 Å². The van der Waals surface area contributed by atoms with Crippen LogP contribution in [-0.2, 0) is 7.05 Å². The van der Waals surface area contributed by atoms with E-state index in [-0.39, 0.29) is 5.91 Å². The zero-order chi connectivity index (χ0) is 15.2. The van der Waals surface area contributed by atoms with Crippen molar-refractivity contribution in [3.8, 4) is 0 Å². The molecule has 0 saturated carbocycles. The number of hydrogen-bond acceptors (Lipinski definition) is 2. The second kappa shape index (κ2) is 7.27. The highest BCUT2D eigenvalue weighted by atomic mass is 16.1. The Kier molecular flexibility index (Phi) is 5.39. The number of amides is 1. The molecule has 1 N–H and O–H groups in total. The van der Waals surface area contributed by atoms with E-state index >= 15 is 0 Å². The SMILES string of the molecule is CCN(CC)CCCNC(=O)c1ccc2ccn(C)c2c1. The number of nitrogens with zero attached hydrogens (tertiary/aromatic N) is 2. The Bertz CT molecular complexity index is 599. The normalized spacial score (nSPS) is 11.2. The highest BCUT2D eigenvalue weighted by Crippen LogP contribution is 2.16. The van der Waals surface area contributed by atoms with E-state index in [9.17, 15) is 4.79 Å². The lowest BCUT2D eigenvalue weighted by Gasteiger charge is -2.17. The van der Waals surface area contributed by atoms with Crippen LogP contribution < -0.4 is 5.32 Å². The quantitative estimate of drug-likeness (QED) is 0.795. The van der Waals surface area contributed by atoms with Gasteiger partial charge in [0.15, 0.2) is 0 Å². The van der Waals surface area contributed by atoms with Crippen molar-refractivity contribution in [1.29, 1.82) is 0 Å². The number of rotatable bonds is 7. The molecule has 114 valence electrons. The first-order chi connectivity index (χ1) is 10.2. The average molecular weight is 287 g/mol. The van der Waals surface area contributed by atoms with Crippen molar-refractivity contribution < 1.29 is 4.79 Å². The number of carbonyl (C=O) groups is 1. The van der Waals surface area contributed by atoms with E-state index in [1.165, 1.54) is 0 Å². The minimum absolute atomic E-state index is 0.0117. The summed E-state index contributed by atoms with van der Waals surface area (Å²) in [6.45, 7) is 8.21. The summed E-state index contributed by atoms with van der Waals surface area (Å²) in [4.78, 5) is 14.5. The molecule has 0 saturated heterocycles. The van der Waals surface area contributed by atoms with E-state index in [0.717, 1.165) is 49.1 Å². The number of nitrogens with one attached hydrogen (secondary N) is 1. The Labute approximate surface area is 126 Å². The van der Waals surface area contributed by atoms with Crippen molar-refractivity contribution in [3.05, 3.63) is 36.0 Å². The van der Waals surface area contributed by atoms with Crippen LogP contribution in [0.4, 0.5) is 0 Å². The molecule has 2 aromatic rings. The maximum absolute atomic E-state index is 12.2. The van der Waals surface area contributed by atoms with Crippen LogP contribution in [0.3, 0.4) is 0 Å². The minimum Gasteiger partial charge on any atom is -0.352 e. The van der Waals surface area contributed by atoms with Gasteiger partial charge in [0.05, 0.1) is 0 Å². The molecule has 0 aliphatic heterocycles. The highest BCUT2D eigenvalue weighted by Gasteiger charge is 2.07. The molecule has 1 aromatic carbocycles. The number of carbonyl (C=O) groups excluding carboxylic acids is 1. The topological polar surface area (TPSA) is 37.3 Å². The second-order valence-corrected chi connectivity index (χ2v) is 5.34. The average Bonchev–Trinajstić information content (AvgIpc) is 2.88. The minimum atomic E-state index is 0.0117. The Morgan fingerprint density at radius 1 is 1.24 bits per heavy atom. The molecule has 0 aliphatic carbocycles. The smallest absolute Gasteiger partial charge is 0.251 e. The van der Waals surface area contributed by atoms with Gasteiger partial charge in [0.1, 0.15) is 0 Å². The number of hydrogen-bond donors (Lipinski definition) is 1. The molecular weight excluding hydrogens is 262 g/mol. The lowest BCUT2D eigenvalue weighted by molar-refractivity contribution is 0.0952. The monoisotopic (exact) mass is 287 g/mol. The van der Waals surface area contributed by atoms with Crippen molar-refractivity contribution in [1.82, 2.24) is 14.8 Å². The van der Waals surface area contributed by atoms with Crippen LogP contribution >= 0.6 is 0 Å². The molecule has 0 spiro atoms. The molecule has 21 heavy (non-hydrogen) atoms. The fraction of sp³-hybridized carbons (Fsp3) is 0.471. The van der Waals surface area contributed by atoms with Crippen LogP contribution in [0.25, 0.3) is 10.9 Å². The summed E-state index contributed by atoms with van der Waals surface area (Å²) in [6, 6.07) is 7.90. The van der Waals surface area contributed by atoms with Gasteiger partial charge in [-0.3, -0.25) is 4.79 Å². The lowest BCUT2D eigenvalue weighted by atomic mass is 10.1. The zero-order valence-corrected chi connectivity index (χ0v) is 13.2. The molecular formula is C17H25N3O. The molecule has 0 radical (unpaired) electrons. The highest BCUT2D eigenvalue weighted by molar-refractivity contribution is 5.98. The molecule has 2 rings (SSSR count). The Morgan fingerprint density at radius 2 is 2.00 bits per heavy atom. The number of fused-ring (bicyclic) bond motifs is 1. The number of aryl methyl sites for hydroxylation is 1. The molecule has 1 heterocycles. The van der Waals surface area contributed by atoms with Gasteiger partial charge in [-0.25, -0.2) is 0 Å². The third kappa shape index (κ3) is 3.85. The first kappa shape index (κ1) is 15.6. The van der Waals surface area contributed by atoms with E-state index in [2.05, 4.69) is 30.1 Å². The molecule has 0 fully saturated rings. The number of benzene rings is 1. The molecule has 0 aliphatic rings. The second-order valence-electron chi connectivity index (χ2n) is 5.34. The van der Waals surface area contributed by atoms with Gasteiger partial charge in [-0.1, -0.05) is 19.9 Å². The lowest BCUT2D eigenvalue weighted by Crippen LogP contribution is -2.29. The summed E-state index contributed by atoms with van der Waals surface area (Å²) >= 11 is 0. The third-order valence-corrected chi connectivity index (χ3v) is 3.98. The van der Waals surface area contributed by atoms with Gasteiger partial charge in [0.25, 0.3) is 5.91 Å². The first-order valence-corrected chi connectivity index (χ1v) is 7.71. The molecule has 0 unspecified atom stereocenters. The first-order valence-electron chi connectivity index (χ1n) is 7.71. The fourth-order valence-corrected chi connectivity index (χ4v) is 2.55. The van der Waals surface area contributed by atoms with Crippen molar-refractivity contribution in [2.45, 2.75) is 20.3 Å². The standard InChI is InChI=1S/C17H25N3O/c1-4-20(5-2)11-6-10-18-17(21)15-8-7-14-9-12-19(3)16(14)13-15/h7-9,12-13H,4-6,10-11H2,1-3H3,(H,18,21). The molecule has 0 bridgehead atoms. The maximum atomic E-state index is 12.2. The predicted octanol–water partition coefficient (Wildman–Crippen LogP) is 2.64. The van der Waals surface area contributed by atoms with Crippen molar-refractivity contribution in [2.75, 3.05) is 26.2 Å². The molecule has 1 aromatic heterocycles. The van der Waals surface area contributed by atoms with E-state index in [1.54, 1.807) is 0 Å². The van der Waals surface area contributed by atoms with Crippen molar-refractivity contribution >= 4 is 16.8 Å². The fourth-order valence-electron chi connectivity index (χ4n) is 2.55. The molecule has 4 heteroatoms. The predicted molar refractivity (Wildman–Crippen MR) is 87.7 cm³/mol. The summed E-state index contributed by atoms with van der Waals surface area (Å²) in [7, 11) is 1.99. The Hall–Kier alpha value is -1.81. The van der Waals surface area contributed by atoms with Gasteiger partial charge in [0, 0.05) is 30.9 Å². The molecule has 4 nitrogen and oxygen atoms in total.